The molecule has 1 heterocycles. The Balaban J connectivity index is 2.37. The summed E-state index contributed by atoms with van der Waals surface area (Å²) in [6.45, 7) is 1.84. The van der Waals surface area contributed by atoms with Crippen LogP contribution in [0.15, 0.2) is 12.4 Å². The molecule has 70 valence electrons. The van der Waals surface area contributed by atoms with Gasteiger partial charge < -0.3 is 5.73 Å². The van der Waals surface area contributed by atoms with Gasteiger partial charge in [0.1, 0.15) is 5.82 Å². The van der Waals surface area contributed by atoms with Crippen LogP contribution in [0.1, 0.15) is 24.2 Å². The SMILES string of the molecule is Cc1ncc(CCCC(N)=O)cn1. The van der Waals surface area contributed by atoms with Crippen LogP contribution in [0.4, 0.5) is 0 Å². The minimum absolute atomic E-state index is 0.256. The maximum absolute atomic E-state index is 10.4. The van der Waals surface area contributed by atoms with E-state index in [4.69, 9.17) is 5.73 Å². The highest BCUT2D eigenvalue weighted by atomic mass is 16.1. The average Bonchev–Trinajstić information content (AvgIpc) is 2.08. The lowest BCUT2D eigenvalue weighted by molar-refractivity contribution is -0.118. The number of rotatable bonds is 4. The Hall–Kier alpha value is -1.45. The minimum atomic E-state index is -0.256. The number of nitrogens with zero attached hydrogens (tertiary/aromatic N) is 2. The van der Waals surface area contributed by atoms with Crippen LogP contribution in [0.5, 0.6) is 0 Å². The van der Waals surface area contributed by atoms with Crippen molar-refractivity contribution in [1.29, 1.82) is 0 Å². The summed E-state index contributed by atoms with van der Waals surface area (Å²) in [5, 5.41) is 0. The normalized spacial score (nSPS) is 9.92. The molecule has 4 nitrogen and oxygen atoms in total. The number of aromatic nitrogens is 2. The Kier molecular flexibility index (Phi) is 3.37. The topological polar surface area (TPSA) is 68.9 Å². The molecule has 0 saturated carbocycles. The van der Waals surface area contributed by atoms with Gasteiger partial charge in [-0.1, -0.05) is 0 Å². The van der Waals surface area contributed by atoms with E-state index in [1.54, 1.807) is 12.4 Å². The van der Waals surface area contributed by atoms with E-state index in [9.17, 15) is 4.79 Å². The van der Waals surface area contributed by atoms with Gasteiger partial charge in [-0.2, -0.15) is 0 Å². The number of aryl methyl sites for hydroxylation is 2. The van der Waals surface area contributed by atoms with Gasteiger partial charge in [0.15, 0.2) is 0 Å². The van der Waals surface area contributed by atoms with E-state index < -0.39 is 0 Å². The van der Waals surface area contributed by atoms with E-state index in [0.717, 1.165) is 24.2 Å². The van der Waals surface area contributed by atoms with Gasteiger partial charge in [0, 0.05) is 18.8 Å². The summed E-state index contributed by atoms with van der Waals surface area (Å²) in [6.07, 6.45) is 5.56. The fourth-order valence-corrected chi connectivity index (χ4v) is 1.02. The van der Waals surface area contributed by atoms with Crippen molar-refractivity contribution in [3.05, 3.63) is 23.8 Å². The van der Waals surface area contributed by atoms with Gasteiger partial charge in [0.05, 0.1) is 0 Å². The van der Waals surface area contributed by atoms with Crippen LogP contribution in [-0.4, -0.2) is 15.9 Å². The van der Waals surface area contributed by atoms with Crippen LogP contribution in [0.25, 0.3) is 0 Å². The molecular formula is C9H13N3O. The summed E-state index contributed by atoms with van der Waals surface area (Å²) in [5.74, 6) is 0.506. The summed E-state index contributed by atoms with van der Waals surface area (Å²) >= 11 is 0. The van der Waals surface area contributed by atoms with Gasteiger partial charge in [0.25, 0.3) is 0 Å². The highest BCUT2D eigenvalue weighted by Gasteiger charge is 1.97. The van der Waals surface area contributed by atoms with Gasteiger partial charge >= 0.3 is 0 Å². The van der Waals surface area contributed by atoms with Crippen molar-refractivity contribution in [3.8, 4) is 0 Å². The molecule has 0 aliphatic carbocycles. The number of nitrogens with two attached hydrogens (primary N) is 1. The molecule has 0 unspecified atom stereocenters. The molecule has 0 aliphatic rings. The molecule has 0 radical (unpaired) electrons. The summed E-state index contributed by atoms with van der Waals surface area (Å²) in [5.41, 5.74) is 6.06. The Morgan fingerprint density at radius 2 is 2.08 bits per heavy atom. The summed E-state index contributed by atoms with van der Waals surface area (Å²) in [6, 6.07) is 0. The zero-order valence-corrected chi connectivity index (χ0v) is 7.66. The molecule has 1 aromatic heterocycles. The number of primary amides is 1. The maximum atomic E-state index is 10.4. The molecule has 4 heteroatoms. The van der Waals surface area contributed by atoms with Gasteiger partial charge in [-0.3, -0.25) is 4.79 Å². The zero-order chi connectivity index (χ0) is 9.68. The second-order valence-corrected chi connectivity index (χ2v) is 2.96. The lowest BCUT2D eigenvalue weighted by atomic mass is 10.1. The van der Waals surface area contributed by atoms with Crippen LogP contribution in [0, 0.1) is 6.92 Å². The third-order valence-corrected chi connectivity index (χ3v) is 1.72. The molecule has 0 fully saturated rings. The Morgan fingerprint density at radius 3 is 2.62 bits per heavy atom. The number of hydrogen-bond acceptors (Lipinski definition) is 3. The summed E-state index contributed by atoms with van der Waals surface area (Å²) in [7, 11) is 0. The monoisotopic (exact) mass is 179 g/mol. The van der Waals surface area contributed by atoms with E-state index >= 15 is 0 Å². The first kappa shape index (κ1) is 9.64. The minimum Gasteiger partial charge on any atom is -0.370 e. The first-order valence-corrected chi connectivity index (χ1v) is 4.24. The molecule has 13 heavy (non-hydrogen) atoms. The quantitative estimate of drug-likeness (QED) is 0.735. The van der Waals surface area contributed by atoms with Crippen molar-refractivity contribution in [2.75, 3.05) is 0 Å². The van der Waals surface area contributed by atoms with Gasteiger partial charge in [-0.05, 0) is 25.3 Å². The van der Waals surface area contributed by atoms with Crippen molar-refractivity contribution < 1.29 is 4.79 Å². The Morgan fingerprint density at radius 1 is 1.46 bits per heavy atom. The first-order valence-electron chi connectivity index (χ1n) is 4.24. The lowest BCUT2D eigenvalue weighted by Crippen LogP contribution is -2.10. The fourth-order valence-electron chi connectivity index (χ4n) is 1.02. The van der Waals surface area contributed by atoms with E-state index in [1.165, 1.54) is 0 Å². The standard InChI is InChI=1S/C9H13N3O/c1-7-11-5-8(6-12-7)3-2-4-9(10)13/h5-6H,2-4H2,1H3,(H2,10,13). The highest BCUT2D eigenvalue weighted by Crippen LogP contribution is 2.01. The van der Waals surface area contributed by atoms with Gasteiger partial charge in [-0.15, -0.1) is 0 Å². The molecule has 0 bridgehead atoms. The van der Waals surface area contributed by atoms with Crippen molar-refractivity contribution in [3.63, 3.8) is 0 Å². The largest absolute Gasteiger partial charge is 0.370 e. The first-order chi connectivity index (χ1) is 6.18. The van der Waals surface area contributed by atoms with Crippen molar-refractivity contribution in [2.45, 2.75) is 26.2 Å². The van der Waals surface area contributed by atoms with E-state index in [1.807, 2.05) is 6.92 Å². The number of carbonyl (C=O) groups is 1. The third kappa shape index (κ3) is 3.64. The van der Waals surface area contributed by atoms with Crippen LogP contribution < -0.4 is 5.73 Å². The smallest absolute Gasteiger partial charge is 0.217 e. The van der Waals surface area contributed by atoms with Crippen LogP contribution in [-0.2, 0) is 11.2 Å². The van der Waals surface area contributed by atoms with Crippen LogP contribution in [0.2, 0.25) is 0 Å². The molecule has 0 aromatic carbocycles. The Labute approximate surface area is 77.2 Å². The molecule has 2 N–H and O–H groups in total. The molecule has 1 aromatic rings. The number of hydrogen-bond donors (Lipinski definition) is 1. The zero-order valence-electron chi connectivity index (χ0n) is 7.66. The number of carbonyl (C=O) groups excluding carboxylic acids is 1. The Bertz CT molecular complexity index is 281. The average molecular weight is 179 g/mol. The summed E-state index contributed by atoms with van der Waals surface area (Å²) in [4.78, 5) is 18.5. The fraction of sp³-hybridized carbons (Fsp3) is 0.444. The van der Waals surface area contributed by atoms with Crippen LogP contribution in [0.3, 0.4) is 0 Å². The van der Waals surface area contributed by atoms with Gasteiger partial charge in [-0.25, -0.2) is 9.97 Å². The van der Waals surface area contributed by atoms with E-state index in [2.05, 4.69) is 9.97 Å². The van der Waals surface area contributed by atoms with E-state index in [0.29, 0.717) is 6.42 Å². The number of amides is 1. The highest BCUT2D eigenvalue weighted by molar-refractivity contribution is 5.73. The molecule has 0 spiro atoms. The second-order valence-electron chi connectivity index (χ2n) is 2.96. The molecule has 0 saturated heterocycles. The summed E-state index contributed by atoms with van der Waals surface area (Å²) < 4.78 is 0. The van der Waals surface area contributed by atoms with Crippen molar-refractivity contribution in [1.82, 2.24) is 9.97 Å². The predicted octanol–water partition coefficient (Wildman–Crippen LogP) is 0.593. The molecule has 0 aliphatic heterocycles. The molecule has 1 rings (SSSR count). The third-order valence-electron chi connectivity index (χ3n) is 1.72. The molecule has 0 atom stereocenters. The van der Waals surface area contributed by atoms with Gasteiger partial charge in [0.2, 0.25) is 5.91 Å². The lowest BCUT2D eigenvalue weighted by Gasteiger charge is -1.98. The van der Waals surface area contributed by atoms with Crippen LogP contribution >= 0.6 is 0 Å². The molecular weight excluding hydrogens is 166 g/mol. The second kappa shape index (κ2) is 4.54. The van der Waals surface area contributed by atoms with Crippen molar-refractivity contribution >= 4 is 5.91 Å². The maximum Gasteiger partial charge on any atom is 0.217 e. The van der Waals surface area contributed by atoms with E-state index in [-0.39, 0.29) is 5.91 Å². The molecule has 1 amide bonds. The predicted molar refractivity (Wildman–Crippen MR) is 48.9 cm³/mol. The van der Waals surface area contributed by atoms with Crippen molar-refractivity contribution in [2.24, 2.45) is 5.73 Å².